The fourth-order valence-electron chi connectivity index (χ4n) is 4.55. The number of amides is 2. The van der Waals surface area contributed by atoms with Crippen LogP contribution in [0.4, 0.5) is 4.79 Å². The monoisotopic (exact) mass is 416 g/mol. The number of piperidine rings is 1. The second-order valence-electron chi connectivity index (χ2n) is 9.87. The van der Waals surface area contributed by atoms with E-state index in [1.165, 1.54) is 5.56 Å². The van der Waals surface area contributed by atoms with Crippen molar-refractivity contribution in [2.24, 2.45) is 5.41 Å². The molecule has 2 amide bonds. The van der Waals surface area contributed by atoms with Crippen LogP contribution in [0.5, 0.6) is 0 Å². The van der Waals surface area contributed by atoms with Crippen molar-refractivity contribution in [1.29, 1.82) is 0 Å². The van der Waals surface area contributed by atoms with Gasteiger partial charge in [0.1, 0.15) is 5.60 Å². The first-order valence-corrected chi connectivity index (χ1v) is 10.9. The molecule has 0 aromatic heterocycles. The van der Waals surface area contributed by atoms with E-state index in [2.05, 4.69) is 24.3 Å². The maximum atomic E-state index is 12.6. The molecule has 0 spiro atoms. The minimum absolute atomic E-state index is 0.114. The van der Waals surface area contributed by atoms with Crippen molar-refractivity contribution in [3.05, 3.63) is 35.9 Å². The quantitative estimate of drug-likeness (QED) is 0.702. The second-order valence-corrected chi connectivity index (χ2v) is 9.87. The maximum absolute atomic E-state index is 12.6. The lowest BCUT2D eigenvalue weighted by molar-refractivity contribution is -0.132. The highest BCUT2D eigenvalue weighted by Gasteiger charge is 2.47. The molecule has 3 rings (SSSR count). The van der Waals surface area contributed by atoms with Crippen LogP contribution in [0.3, 0.4) is 0 Å². The summed E-state index contributed by atoms with van der Waals surface area (Å²) in [5.74, 6) is 0.528. The van der Waals surface area contributed by atoms with Crippen LogP contribution in [-0.4, -0.2) is 66.8 Å². The summed E-state index contributed by atoms with van der Waals surface area (Å²) in [6.07, 6.45) is 2.35. The van der Waals surface area contributed by atoms with E-state index >= 15 is 0 Å². The minimum atomic E-state index is -0.498. The van der Waals surface area contributed by atoms with E-state index in [1.54, 1.807) is 18.9 Å². The molecule has 2 fully saturated rings. The smallest absolute Gasteiger partial charge is 0.410 e. The van der Waals surface area contributed by atoms with Crippen molar-refractivity contribution < 1.29 is 19.1 Å². The highest BCUT2D eigenvalue weighted by molar-refractivity contribution is 5.74. The lowest BCUT2D eigenvalue weighted by atomic mass is 9.78. The van der Waals surface area contributed by atoms with Gasteiger partial charge in [-0.3, -0.25) is 4.79 Å². The molecule has 1 aliphatic carbocycles. The van der Waals surface area contributed by atoms with Gasteiger partial charge in [0.15, 0.2) is 0 Å². The van der Waals surface area contributed by atoms with Crippen LogP contribution in [0.25, 0.3) is 0 Å². The number of hydrogen-bond donors (Lipinski definition) is 0. The minimum Gasteiger partial charge on any atom is -0.444 e. The van der Waals surface area contributed by atoms with E-state index in [-0.39, 0.29) is 23.5 Å². The summed E-state index contributed by atoms with van der Waals surface area (Å²) in [5, 5.41) is 0. The molecule has 1 aromatic carbocycles. The van der Waals surface area contributed by atoms with Crippen molar-refractivity contribution in [2.75, 3.05) is 33.4 Å². The van der Waals surface area contributed by atoms with Gasteiger partial charge in [-0.05, 0) is 45.6 Å². The average Bonchev–Trinajstić information content (AvgIpc) is 3.47. The Balaban J connectivity index is 1.65. The van der Waals surface area contributed by atoms with Gasteiger partial charge in [-0.25, -0.2) is 4.79 Å². The number of benzene rings is 1. The number of nitrogens with zero attached hydrogens (tertiary/aromatic N) is 2. The van der Waals surface area contributed by atoms with Crippen LogP contribution >= 0.6 is 0 Å². The molecule has 1 unspecified atom stereocenters. The molecule has 1 saturated carbocycles. The van der Waals surface area contributed by atoms with Gasteiger partial charge >= 0.3 is 6.09 Å². The Hall–Kier alpha value is -2.08. The van der Waals surface area contributed by atoms with E-state index in [9.17, 15) is 9.59 Å². The van der Waals surface area contributed by atoms with E-state index < -0.39 is 5.60 Å². The predicted octanol–water partition coefficient (Wildman–Crippen LogP) is 4.05. The first kappa shape index (κ1) is 22.6. The SMILES string of the molecule is COCC1(CN(C(C)=O)[C@@H]2CC2c2ccccc2)CCN(C(=O)OC(C)(C)C)CC1. The standard InChI is InChI=1S/C24H36N2O4/c1-18(27)26(21-15-20(21)19-9-7-6-8-10-19)16-24(17-29-5)11-13-25(14-12-24)22(28)30-23(2,3)4/h6-10,20-21H,11-17H2,1-5H3/t20?,21-/m1/s1. The topological polar surface area (TPSA) is 59.1 Å². The Morgan fingerprint density at radius 1 is 1.17 bits per heavy atom. The molecule has 0 radical (unpaired) electrons. The Bertz CT molecular complexity index is 735. The Morgan fingerprint density at radius 2 is 1.80 bits per heavy atom. The molecule has 1 aromatic rings. The van der Waals surface area contributed by atoms with Gasteiger partial charge in [0.05, 0.1) is 6.61 Å². The third kappa shape index (κ3) is 5.54. The number of methoxy groups -OCH3 is 1. The van der Waals surface area contributed by atoms with Crippen LogP contribution < -0.4 is 0 Å². The number of likely N-dealkylation sites (tertiary alicyclic amines) is 1. The molecule has 166 valence electrons. The summed E-state index contributed by atoms with van der Waals surface area (Å²) < 4.78 is 11.1. The molecule has 1 saturated heterocycles. The lowest BCUT2D eigenvalue weighted by Gasteiger charge is -2.44. The van der Waals surface area contributed by atoms with Crippen molar-refractivity contribution >= 4 is 12.0 Å². The molecule has 30 heavy (non-hydrogen) atoms. The van der Waals surface area contributed by atoms with E-state index in [0.717, 1.165) is 19.3 Å². The van der Waals surface area contributed by atoms with Crippen LogP contribution in [-0.2, 0) is 14.3 Å². The lowest BCUT2D eigenvalue weighted by Crippen LogP contribution is -2.52. The van der Waals surface area contributed by atoms with Crippen LogP contribution in [0, 0.1) is 5.41 Å². The van der Waals surface area contributed by atoms with Gasteiger partial charge in [0.2, 0.25) is 5.91 Å². The number of rotatable bonds is 6. The average molecular weight is 417 g/mol. The predicted molar refractivity (Wildman–Crippen MR) is 116 cm³/mol. The number of ether oxygens (including phenoxy) is 2. The van der Waals surface area contributed by atoms with Crippen molar-refractivity contribution in [3.8, 4) is 0 Å². The highest BCUT2D eigenvalue weighted by atomic mass is 16.6. The Kier molecular flexibility index (Phi) is 6.75. The summed E-state index contributed by atoms with van der Waals surface area (Å²) in [6.45, 7) is 9.81. The van der Waals surface area contributed by atoms with Gasteiger partial charge < -0.3 is 19.3 Å². The first-order chi connectivity index (χ1) is 14.1. The van der Waals surface area contributed by atoms with E-state index in [1.807, 2.05) is 31.7 Å². The van der Waals surface area contributed by atoms with Crippen molar-refractivity contribution in [1.82, 2.24) is 9.80 Å². The first-order valence-electron chi connectivity index (χ1n) is 10.9. The molecule has 1 aliphatic heterocycles. The fraction of sp³-hybridized carbons (Fsp3) is 0.667. The van der Waals surface area contributed by atoms with Crippen LogP contribution in [0.2, 0.25) is 0 Å². The molecule has 1 heterocycles. The maximum Gasteiger partial charge on any atom is 0.410 e. The summed E-state index contributed by atoms with van der Waals surface area (Å²) in [5.41, 5.74) is 0.666. The third-order valence-corrected chi connectivity index (χ3v) is 6.22. The molecular formula is C24H36N2O4. The molecule has 2 aliphatic rings. The highest BCUT2D eigenvalue weighted by Crippen LogP contribution is 2.46. The summed E-state index contributed by atoms with van der Waals surface area (Å²) in [4.78, 5) is 28.8. The summed E-state index contributed by atoms with van der Waals surface area (Å²) >= 11 is 0. The van der Waals surface area contributed by atoms with Gasteiger partial charge in [0.25, 0.3) is 0 Å². The molecule has 0 bridgehead atoms. The molecule has 6 heteroatoms. The van der Waals surface area contributed by atoms with Gasteiger partial charge in [-0.1, -0.05) is 30.3 Å². The number of carbonyl (C=O) groups is 2. The molecule has 2 atom stereocenters. The second kappa shape index (κ2) is 8.96. The number of hydrogen-bond acceptors (Lipinski definition) is 4. The Morgan fingerprint density at radius 3 is 2.33 bits per heavy atom. The van der Waals surface area contributed by atoms with Crippen LogP contribution in [0.15, 0.2) is 30.3 Å². The zero-order chi connectivity index (χ0) is 21.9. The normalized spacial score (nSPS) is 23.0. The van der Waals surface area contributed by atoms with E-state index in [4.69, 9.17) is 9.47 Å². The fourth-order valence-corrected chi connectivity index (χ4v) is 4.55. The third-order valence-electron chi connectivity index (χ3n) is 6.22. The van der Waals surface area contributed by atoms with Gasteiger partial charge in [-0.15, -0.1) is 0 Å². The molecular weight excluding hydrogens is 380 g/mol. The Labute approximate surface area is 180 Å². The largest absolute Gasteiger partial charge is 0.444 e. The van der Waals surface area contributed by atoms with Crippen LogP contribution in [0.1, 0.15) is 58.4 Å². The zero-order valence-electron chi connectivity index (χ0n) is 19.0. The summed E-state index contributed by atoms with van der Waals surface area (Å²) in [7, 11) is 1.71. The zero-order valence-corrected chi connectivity index (χ0v) is 19.0. The van der Waals surface area contributed by atoms with Gasteiger partial charge in [0, 0.05) is 51.0 Å². The molecule has 6 nitrogen and oxygen atoms in total. The number of carbonyl (C=O) groups excluding carboxylic acids is 2. The van der Waals surface area contributed by atoms with E-state index in [0.29, 0.717) is 32.2 Å². The van der Waals surface area contributed by atoms with Crippen molar-refractivity contribution in [2.45, 2.75) is 64.5 Å². The van der Waals surface area contributed by atoms with Gasteiger partial charge in [-0.2, -0.15) is 0 Å². The van der Waals surface area contributed by atoms with Crippen molar-refractivity contribution in [3.63, 3.8) is 0 Å². The summed E-state index contributed by atoms with van der Waals surface area (Å²) in [6, 6.07) is 10.7. The molecule has 0 N–H and O–H groups in total.